The van der Waals surface area contributed by atoms with Crippen LogP contribution in [-0.2, 0) is 0 Å². The van der Waals surface area contributed by atoms with Crippen LogP contribution in [-0.4, -0.2) is 49.0 Å². The van der Waals surface area contributed by atoms with Crippen LogP contribution in [0.3, 0.4) is 0 Å². The number of aliphatic hydroxyl groups is 1. The zero-order valence-electron chi connectivity index (χ0n) is 14.9. The minimum Gasteiger partial charge on any atom is -0.391 e. The van der Waals surface area contributed by atoms with Crippen molar-refractivity contribution < 1.29 is 9.50 Å². The molecule has 2 N–H and O–H groups in total. The summed E-state index contributed by atoms with van der Waals surface area (Å²) in [6.45, 7) is 3.33. The molecule has 1 saturated heterocycles. The van der Waals surface area contributed by atoms with E-state index < -0.39 is 0 Å². The van der Waals surface area contributed by atoms with Crippen molar-refractivity contribution >= 4 is 27.9 Å². The smallest absolute Gasteiger partial charge is 0.225 e. The Morgan fingerprint density at radius 3 is 2.96 bits per heavy atom. The Kier molecular flexibility index (Phi) is 3.61. The Morgan fingerprint density at radius 2 is 2.15 bits per heavy atom. The molecule has 3 aromatic heterocycles. The quantitative estimate of drug-likeness (QED) is 0.570. The summed E-state index contributed by atoms with van der Waals surface area (Å²) < 4.78 is 15.8. The predicted molar refractivity (Wildman–Crippen MR) is 101 cm³/mol. The van der Waals surface area contributed by atoms with E-state index >= 15 is 0 Å². The number of anilines is 1. The zero-order valence-corrected chi connectivity index (χ0v) is 14.9. The van der Waals surface area contributed by atoms with Gasteiger partial charge in [0.05, 0.1) is 46.4 Å². The fourth-order valence-corrected chi connectivity index (χ4v) is 3.90. The molecule has 1 aliphatic rings. The number of aromatic amines is 1. The summed E-state index contributed by atoms with van der Waals surface area (Å²) >= 11 is 0. The minimum absolute atomic E-state index is 0.289. The topological polar surface area (TPSA) is 82.9 Å². The molecule has 1 fully saturated rings. The zero-order chi connectivity index (χ0) is 18.5. The van der Waals surface area contributed by atoms with E-state index in [1.807, 2.05) is 16.4 Å². The molecule has 8 heteroatoms. The van der Waals surface area contributed by atoms with Crippen molar-refractivity contribution in [1.82, 2.24) is 24.7 Å². The van der Waals surface area contributed by atoms with Crippen molar-refractivity contribution in [2.45, 2.75) is 25.9 Å². The first kappa shape index (κ1) is 16.2. The number of nitrogens with one attached hydrogen (secondary N) is 1. The molecule has 0 radical (unpaired) electrons. The van der Waals surface area contributed by atoms with Crippen LogP contribution in [0.2, 0.25) is 0 Å². The maximum atomic E-state index is 13.8. The lowest BCUT2D eigenvalue weighted by Gasteiger charge is -2.30. The molecular formula is C19H19FN6O. The van der Waals surface area contributed by atoms with Gasteiger partial charge < -0.3 is 14.6 Å². The second kappa shape index (κ2) is 6.02. The Hall–Kier alpha value is -3.00. The van der Waals surface area contributed by atoms with Gasteiger partial charge in [0.15, 0.2) is 0 Å². The van der Waals surface area contributed by atoms with Gasteiger partial charge in [0.1, 0.15) is 5.82 Å². The van der Waals surface area contributed by atoms with E-state index in [4.69, 9.17) is 0 Å². The maximum absolute atomic E-state index is 13.8. The maximum Gasteiger partial charge on any atom is 0.225 e. The van der Waals surface area contributed by atoms with Crippen LogP contribution < -0.4 is 4.90 Å². The number of H-pyrrole nitrogens is 1. The summed E-state index contributed by atoms with van der Waals surface area (Å²) in [5, 5.41) is 17.7. The van der Waals surface area contributed by atoms with Gasteiger partial charge in [-0.05, 0) is 38.0 Å². The van der Waals surface area contributed by atoms with Gasteiger partial charge in [0.25, 0.3) is 0 Å². The first-order chi connectivity index (χ1) is 13.1. The van der Waals surface area contributed by atoms with Gasteiger partial charge in [-0.25, -0.2) is 14.4 Å². The van der Waals surface area contributed by atoms with Crippen LogP contribution in [0.25, 0.3) is 27.6 Å². The van der Waals surface area contributed by atoms with Crippen molar-refractivity contribution in [2.75, 3.05) is 18.0 Å². The summed E-state index contributed by atoms with van der Waals surface area (Å²) in [6.07, 6.45) is 4.92. The highest BCUT2D eigenvalue weighted by atomic mass is 19.1. The molecule has 0 spiro atoms. The number of aliphatic hydroxyl groups excluding tert-OH is 1. The Morgan fingerprint density at radius 1 is 1.26 bits per heavy atom. The van der Waals surface area contributed by atoms with Gasteiger partial charge >= 0.3 is 0 Å². The van der Waals surface area contributed by atoms with E-state index in [0.29, 0.717) is 12.5 Å². The molecule has 1 aromatic carbocycles. The van der Waals surface area contributed by atoms with Gasteiger partial charge in [-0.1, -0.05) is 0 Å². The average Bonchev–Trinajstić information content (AvgIpc) is 3.23. The minimum atomic E-state index is -0.337. The molecular weight excluding hydrogens is 347 g/mol. The van der Waals surface area contributed by atoms with Crippen LogP contribution >= 0.6 is 0 Å². The van der Waals surface area contributed by atoms with Crippen LogP contribution in [0.4, 0.5) is 10.3 Å². The van der Waals surface area contributed by atoms with Gasteiger partial charge in [0.2, 0.25) is 5.95 Å². The lowest BCUT2D eigenvalue weighted by Crippen LogP contribution is -2.39. The molecule has 1 aliphatic heterocycles. The molecule has 4 aromatic rings. The number of hydrogen-bond donors (Lipinski definition) is 2. The third-order valence-corrected chi connectivity index (χ3v) is 5.19. The number of rotatable bonds is 2. The predicted octanol–water partition coefficient (Wildman–Crippen LogP) is 2.71. The van der Waals surface area contributed by atoms with E-state index in [9.17, 15) is 9.50 Å². The third kappa shape index (κ3) is 2.56. The number of aryl methyl sites for hydroxylation is 1. The average molecular weight is 366 g/mol. The monoisotopic (exact) mass is 366 g/mol. The van der Waals surface area contributed by atoms with Gasteiger partial charge in [-0.15, -0.1) is 0 Å². The summed E-state index contributed by atoms with van der Waals surface area (Å²) in [4.78, 5) is 11.2. The summed E-state index contributed by atoms with van der Waals surface area (Å²) in [6, 6.07) is 4.71. The highest BCUT2D eigenvalue weighted by molar-refractivity contribution is 6.06. The van der Waals surface area contributed by atoms with E-state index in [2.05, 4.69) is 20.2 Å². The molecule has 0 bridgehead atoms. The number of nitrogens with zero attached hydrogens (tertiary/aromatic N) is 5. The normalized spacial score (nSPS) is 17.9. The highest BCUT2D eigenvalue weighted by Gasteiger charge is 2.22. The number of hydrogen-bond acceptors (Lipinski definition) is 5. The largest absolute Gasteiger partial charge is 0.391 e. The SMILES string of the molecule is Cc1nc(N2CCC[C@@H](O)C2)ncc1-n1c2ccc(F)cc2c2[nH]ncc21. The molecule has 4 heterocycles. The summed E-state index contributed by atoms with van der Waals surface area (Å²) in [7, 11) is 0. The lowest BCUT2D eigenvalue weighted by atomic mass is 10.1. The number of piperidine rings is 1. The van der Waals surface area contributed by atoms with E-state index in [1.54, 1.807) is 18.5 Å². The lowest BCUT2D eigenvalue weighted by molar-refractivity contribution is 0.153. The standard InChI is InChI=1S/C19H19FN6O/c1-11-16(8-21-19(23-11)25-6-2-3-13(27)10-25)26-15-5-4-12(20)7-14(15)18-17(26)9-22-24-18/h4-5,7-9,13,27H,2-3,6,10H2,1H3,(H,22,24)/t13-/m1/s1. The van der Waals surface area contributed by atoms with Crippen LogP contribution in [0.1, 0.15) is 18.5 Å². The highest BCUT2D eigenvalue weighted by Crippen LogP contribution is 2.32. The van der Waals surface area contributed by atoms with Crippen LogP contribution in [0.5, 0.6) is 0 Å². The fourth-order valence-electron chi connectivity index (χ4n) is 3.90. The Bertz CT molecular complexity index is 1150. The Balaban J connectivity index is 1.65. The van der Waals surface area contributed by atoms with E-state index in [1.165, 1.54) is 12.1 Å². The van der Waals surface area contributed by atoms with Gasteiger partial charge in [0, 0.05) is 18.5 Å². The van der Waals surface area contributed by atoms with Crippen LogP contribution in [0.15, 0.2) is 30.6 Å². The molecule has 138 valence electrons. The third-order valence-electron chi connectivity index (χ3n) is 5.19. The second-order valence-electron chi connectivity index (χ2n) is 7.01. The molecule has 5 rings (SSSR count). The first-order valence-corrected chi connectivity index (χ1v) is 9.02. The molecule has 7 nitrogen and oxygen atoms in total. The number of β-amino-alcohol motifs (C(OH)–C–C–N with tert-alkyl or cyclic N) is 1. The van der Waals surface area contributed by atoms with Gasteiger partial charge in [-0.3, -0.25) is 5.10 Å². The van der Waals surface area contributed by atoms with Crippen molar-refractivity contribution in [1.29, 1.82) is 0 Å². The molecule has 1 atom stereocenters. The molecule has 0 amide bonds. The molecule has 0 saturated carbocycles. The number of fused-ring (bicyclic) bond motifs is 3. The molecule has 0 unspecified atom stereocenters. The number of aromatic nitrogens is 5. The van der Waals surface area contributed by atoms with E-state index in [0.717, 1.165) is 52.7 Å². The van der Waals surface area contributed by atoms with Crippen LogP contribution in [0, 0.1) is 12.7 Å². The number of halogens is 1. The fraction of sp³-hybridized carbons (Fsp3) is 0.316. The first-order valence-electron chi connectivity index (χ1n) is 9.02. The van der Waals surface area contributed by atoms with Crippen molar-refractivity contribution in [3.05, 3.63) is 42.1 Å². The molecule has 27 heavy (non-hydrogen) atoms. The summed E-state index contributed by atoms with van der Waals surface area (Å²) in [5.74, 6) is 0.337. The van der Waals surface area contributed by atoms with Crippen molar-refractivity contribution in [3.63, 3.8) is 0 Å². The number of benzene rings is 1. The summed E-state index contributed by atoms with van der Waals surface area (Å²) in [5.41, 5.74) is 4.14. The van der Waals surface area contributed by atoms with Crippen molar-refractivity contribution in [2.24, 2.45) is 0 Å². The Labute approximate surface area is 154 Å². The second-order valence-corrected chi connectivity index (χ2v) is 7.01. The van der Waals surface area contributed by atoms with Gasteiger partial charge in [-0.2, -0.15) is 5.10 Å². The van der Waals surface area contributed by atoms with E-state index in [-0.39, 0.29) is 11.9 Å². The molecule has 0 aliphatic carbocycles. The van der Waals surface area contributed by atoms with Crippen molar-refractivity contribution in [3.8, 4) is 5.69 Å².